The molecule has 2 heterocycles. The Balaban J connectivity index is 1.35. The molecule has 6 nitrogen and oxygen atoms in total. The zero-order valence-corrected chi connectivity index (χ0v) is 17.2. The largest absolute Gasteiger partial charge is 0.441 e. The van der Waals surface area contributed by atoms with Crippen molar-refractivity contribution >= 4 is 17.0 Å². The third-order valence-corrected chi connectivity index (χ3v) is 4.98. The van der Waals surface area contributed by atoms with Gasteiger partial charge in [0.05, 0.1) is 12.2 Å². The van der Waals surface area contributed by atoms with Gasteiger partial charge in [-0.05, 0) is 42.5 Å². The highest BCUT2D eigenvalue weighted by atomic mass is 16.5. The second kappa shape index (κ2) is 8.95. The van der Waals surface area contributed by atoms with E-state index in [-0.39, 0.29) is 11.8 Å². The molecule has 0 saturated heterocycles. The van der Waals surface area contributed by atoms with Gasteiger partial charge in [0, 0.05) is 18.1 Å². The van der Waals surface area contributed by atoms with Gasteiger partial charge in [-0.2, -0.15) is 0 Å². The van der Waals surface area contributed by atoms with Gasteiger partial charge in [0.1, 0.15) is 5.52 Å². The predicted molar refractivity (Wildman–Crippen MR) is 114 cm³/mol. The molecule has 0 fully saturated rings. The highest BCUT2D eigenvalue weighted by molar-refractivity contribution is 5.97. The Kier molecular flexibility index (Phi) is 5.93. The predicted octanol–water partition coefficient (Wildman–Crippen LogP) is 5.04. The van der Waals surface area contributed by atoms with Crippen LogP contribution in [-0.2, 0) is 19.4 Å². The molecule has 1 amide bonds. The van der Waals surface area contributed by atoms with Gasteiger partial charge < -0.3 is 14.3 Å². The van der Waals surface area contributed by atoms with Crippen LogP contribution in [-0.4, -0.2) is 16.0 Å². The number of fused-ring (bicyclic) bond motifs is 1. The molecule has 4 aromatic rings. The van der Waals surface area contributed by atoms with Crippen molar-refractivity contribution in [2.24, 2.45) is 0 Å². The summed E-state index contributed by atoms with van der Waals surface area (Å²) in [6.07, 6.45) is 2.70. The zero-order valence-electron chi connectivity index (χ0n) is 17.2. The van der Waals surface area contributed by atoms with E-state index in [1.807, 2.05) is 38.1 Å². The molecule has 4 rings (SSSR count). The summed E-state index contributed by atoms with van der Waals surface area (Å²) in [6.45, 7) is 4.38. The van der Waals surface area contributed by atoms with Crippen molar-refractivity contribution in [1.82, 2.24) is 15.5 Å². The molecule has 0 saturated carbocycles. The maximum Gasteiger partial charge on any atom is 0.251 e. The fourth-order valence-electron chi connectivity index (χ4n) is 3.27. The van der Waals surface area contributed by atoms with Crippen molar-refractivity contribution in [3.8, 4) is 0 Å². The quantitative estimate of drug-likeness (QED) is 0.445. The number of oxazole rings is 1. The minimum absolute atomic E-state index is 0.187. The average Bonchev–Trinajstić information content (AvgIpc) is 3.39. The van der Waals surface area contributed by atoms with Crippen LogP contribution < -0.4 is 5.32 Å². The molecule has 1 N–H and O–H groups in total. The molecule has 6 heteroatoms. The Morgan fingerprint density at radius 3 is 2.67 bits per heavy atom. The van der Waals surface area contributed by atoms with E-state index in [0.717, 1.165) is 25.0 Å². The summed E-state index contributed by atoms with van der Waals surface area (Å²) in [4.78, 5) is 17.1. The van der Waals surface area contributed by atoms with Crippen LogP contribution in [0.1, 0.15) is 59.5 Å². The SMILES string of the molecule is CC(C)c1cc(CNC(=O)c2ccc3oc(CCCc4ccccc4)nc3c2)on1. The fourth-order valence-corrected chi connectivity index (χ4v) is 3.27. The topological polar surface area (TPSA) is 81.2 Å². The van der Waals surface area contributed by atoms with Crippen LogP contribution in [0, 0.1) is 0 Å². The molecule has 0 aliphatic carbocycles. The summed E-state index contributed by atoms with van der Waals surface area (Å²) in [5.74, 6) is 1.43. The lowest BCUT2D eigenvalue weighted by Gasteiger charge is -2.02. The molecule has 0 radical (unpaired) electrons. The van der Waals surface area contributed by atoms with Crippen LogP contribution in [0.4, 0.5) is 0 Å². The lowest BCUT2D eigenvalue weighted by atomic mass is 10.1. The van der Waals surface area contributed by atoms with Crippen molar-refractivity contribution in [3.63, 3.8) is 0 Å². The molecule has 0 spiro atoms. The minimum atomic E-state index is -0.187. The molecule has 0 aliphatic rings. The maximum atomic E-state index is 12.5. The number of nitrogens with one attached hydrogen (secondary N) is 1. The molecule has 0 bridgehead atoms. The fraction of sp³-hybridized carbons (Fsp3) is 0.292. The number of carbonyl (C=O) groups excluding carboxylic acids is 1. The van der Waals surface area contributed by atoms with Crippen molar-refractivity contribution in [1.29, 1.82) is 0 Å². The number of hydrogen-bond donors (Lipinski definition) is 1. The monoisotopic (exact) mass is 403 g/mol. The highest BCUT2D eigenvalue weighted by Gasteiger charge is 2.13. The van der Waals surface area contributed by atoms with Gasteiger partial charge >= 0.3 is 0 Å². The Morgan fingerprint density at radius 1 is 1.07 bits per heavy atom. The van der Waals surface area contributed by atoms with Crippen LogP contribution in [0.5, 0.6) is 0 Å². The number of carbonyl (C=O) groups is 1. The maximum absolute atomic E-state index is 12.5. The number of rotatable bonds is 8. The standard InChI is InChI=1S/C24H25N3O3/c1-16(2)20-14-19(30-27-20)15-25-24(28)18-11-12-22-21(13-18)26-23(29-22)10-6-9-17-7-4-3-5-8-17/h3-5,7-8,11-14,16H,6,9-10,15H2,1-2H3,(H,25,28). The van der Waals surface area contributed by atoms with E-state index in [4.69, 9.17) is 8.94 Å². The number of aromatic nitrogens is 2. The van der Waals surface area contributed by atoms with E-state index in [2.05, 4.69) is 27.6 Å². The first-order valence-electron chi connectivity index (χ1n) is 10.3. The van der Waals surface area contributed by atoms with E-state index < -0.39 is 0 Å². The lowest BCUT2D eigenvalue weighted by Crippen LogP contribution is -2.22. The molecule has 0 atom stereocenters. The minimum Gasteiger partial charge on any atom is -0.441 e. The summed E-state index contributed by atoms with van der Waals surface area (Å²) in [5.41, 5.74) is 4.11. The number of hydrogen-bond acceptors (Lipinski definition) is 5. The van der Waals surface area contributed by atoms with Crippen LogP contribution in [0.25, 0.3) is 11.1 Å². The molecular weight excluding hydrogens is 378 g/mol. The van der Waals surface area contributed by atoms with Gasteiger partial charge in [0.25, 0.3) is 5.91 Å². The van der Waals surface area contributed by atoms with E-state index >= 15 is 0 Å². The molecule has 154 valence electrons. The number of amides is 1. The Labute approximate surface area is 175 Å². The van der Waals surface area contributed by atoms with Gasteiger partial charge in [0.15, 0.2) is 17.2 Å². The Bertz CT molecular complexity index is 1130. The second-order valence-electron chi connectivity index (χ2n) is 7.68. The molecule has 2 aromatic heterocycles. The van der Waals surface area contributed by atoms with Gasteiger partial charge in [-0.25, -0.2) is 4.98 Å². The highest BCUT2D eigenvalue weighted by Crippen LogP contribution is 2.19. The van der Waals surface area contributed by atoms with E-state index in [1.165, 1.54) is 5.56 Å². The summed E-state index contributed by atoms with van der Waals surface area (Å²) < 4.78 is 11.1. The summed E-state index contributed by atoms with van der Waals surface area (Å²) in [5, 5.41) is 6.87. The molecule has 0 aliphatic heterocycles. The second-order valence-corrected chi connectivity index (χ2v) is 7.68. The van der Waals surface area contributed by atoms with Gasteiger partial charge in [-0.15, -0.1) is 0 Å². The van der Waals surface area contributed by atoms with Crippen molar-refractivity contribution in [2.45, 2.75) is 45.6 Å². The van der Waals surface area contributed by atoms with Crippen LogP contribution >= 0.6 is 0 Å². The first kappa shape index (κ1) is 19.9. The first-order valence-corrected chi connectivity index (χ1v) is 10.3. The first-order chi connectivity index (χ1) is 14.6. The van der Waals surface area contributed by atoms with E-state index in [1.54, 1.807) is 18.2 Å². The van der Waals surface area contributed by atoms with Crippen LogP contribution in [0.3, 0.4) is 0 Å². The van der Waals surface area contributed by atoms with Crippen molar-refractivity contribution in [2.75, 3.05) is 0 Å². The van der Waals surface area contributed by atoms with Crippen LogP contribution in [0.2, 0.25) is 0 Å². The van der Waals surface area contributed by atoms with E-state index in [0.29, 0.717) is 34.9 Å². The average molecular weight is 403 g/mol. The van der Waals surface area contributed by atoms with E-state index in [9.17, 15) is 4.79 Å². The van der Waals surface area contributed by atoms with Crippen LogP contribution in [0.15, 0.2) is 63.5 Å². The zero-order chi connectivity index (χ0) is 20.9. The van der Waals surface area contributed by atoms with Gasteiger partial charge in [-0.3, -0.25) is 4.79 Å². The van der Waals surface area contributed by atoms with Gasteiger partial charge in [0.2, 0.25) is 0 Å². The summed E-state index contributed by atoms with van der Waals surface area (Å²) in [7, 11) is 0. The molecule has 0 unspecified atom stereocenters. The lowest BCUT2D eigenvalue weighted by molar-refractivity contribution is 0.0947. The molecule has 30 heavy (non-hydrogen) atoms. The van der Waals surface area contributed by atoms with Gasteiger partial charge in [-0.1, -0.05) is 49.3 Å². The summed E-state index contributed by atoms with van der Waals surface area (Å²) in [6, 6.07) is 17.5. The summed E-state index contributed by atoms with van der Waals surface area (Å²) >= 11 is 0. The Hall–Kier alpha value is -3.41. The third-order valence-electron chi connectivity index (χ3n) is 4.98. The normalized spacial score (nSPS) is 11.3. The Morgan fingerprint density at radius 2 is 1.90 bits per heavy atom. The molecule has 2 aromatic carbocycles. The van der Waals surface area contributed by atoms with Crippen molar-refractivity contribution < 1.29 is 13.7 Å². The van der Waals surface area contributed by atoms with Crippen molar-refractivity contribution in [3.05, 3.63) is 83.1 Å². The third kappa shape index (κ3) is 4.76. The number of aryl methyl sites for hydroxylation is 2. The smallest absolute Gasteiger partial charge is 0.251 e. The molecular formula is C24H25N3O3. The number of nitrogens with zero attached hydrogens (tertiary/aromatic N) is 2. The number of benzene rings is 2.